The molecule has 1 aromatic carbocycles. The van der Waals surface area contributed by atoms with Gasteiger partial charge in [0.2, 0.25) is 0 Å². The fourth-order valence-electron chi connectivity index (χ4n) is 2.28. The molecule has 0 amide bonds. The van der Waals surface area contributed by atoms with Crippen LogP contribution >= 0.6 is 0 Å². The van der Waals surface area contributed by atoms with Gasteiger partial charge in [0.15, 0.2) is 0 Å². The normalized spacial score (nSPS) is 15.2. The van der Waals surface area contributed by atoms with Crippen LogP contribution in [0.15, 0.2) is 18.2 Å². The largest absolute Gasteiger partial charge is 0.478 e. The molecule has 104 valence electrons. The molecule has 0 unspecified atom stereocenters. The van der Waals surface area contributed by atoms with Crippen molar-refractivity contribution in [3.8, 4) is 0 Å². The van der Waals surface area contributed by atoms with Crippen LogP contribution in [0.3, 0.4) is 0 Å². The second kappa shape index (κ2) is 5.70. The van der Waals surface area contributed by atoms with E-state index in [9.17, 15) is 9.18 Å². The zero-order chi connectivity index (χ0) is 14.0. The van der Waals surface area contributed by atoms with E-state index in [0.29, 0.717) is 24.1 Å². The van der Waals surface area contributed by atoms with E-state index in [1.807, 2.05) is 0 Å². The lowest BCUT2D eigenvalue weighted by Crippen LogP contribution is -2.29. The van der Waals surface area contributed by atoms with E-state index in [4.69, 9.17) is 5.11 Å². The van der Waals surface area contributed by atoms with Gasteiger partial charge in [-0.25, -0.2) is 9.18 Å². The minimum Gasteiger partial charge on any atom is -0.478 e. The van der Waals surface area contributed by atoms with Gasteiger partial charge in [0.05, 0.1) is 5.56 Å². The van der Waals surface area contributed by atoms with Gasteiger partial charge < -0.3 is 5.11 Å². The first kappa shape index (κ1) is 14.0. The topological polar surface area (TPSA) is 40.5 Å². The molecule has 0 atom stereocenters. The zero-order valence-electron chi connectivity index (χ0n) is 11.4. The average molecular weight is 265 g/mol. The maximum absolute atomic E-state index is 13.9. The van der Waals surface area contributed by atoms with E-state index in [-0.39, 0.29) is 5.56 Å². The highest BCUT2D eigenvalue weighted by molar-refractivity contribution is 5.87. The lowest BCUT2D eigenvalue weighted by Gasteiger charge is -2.24. The van der Waals surface area contributed by atoms with E-state index in [1.165, 1.54) is 18.9 Å². The predicted octanol–water partition coefficient (Wildman–Crippen LogP) is 3.14. The van der Waals surface area contributed by atoms with E-state index in [1.54, 1.807) is 6.07 Å². The van der Waals surface area contributed by atoms with Crippen molar-refractivity contribution in [2.45, 2.75) is 39.3 Å². The van der Waals surface area contributed by atoms with Crippen molar-refractivity contribution in [1.29, 1.82) is 0 Å². The fourth-order valence-corrected chi connectivity index (χ4v) is 2.28. The van der Waals surface area contributed by atoms with Crippen LogP contribution in [0.1, 0.15) is 42.6 Å². The number of rotatable bonds is 6. The molecule has 1 aliphatic rings. The summed E-state index contributed by atoms with van der Waals surface area (Å²) in [7, 11) is 0. The van der Waals surface area contributed by atoms with Crippen LogP contribution in [0.5, 0.6) is 0 Å². The van der Waals surface area contributed by atoms with Gasteiger partial charge in [-0.1, -0.05) is 19.9 Å². The number of carboxylic acid groups (broad SMARTS) is 1. The summed E-state index contributed by atoms with van der Waals surface area (Å²) in [4.78, 5) is 13.1. The summed E-state index contributed by atoms with van der Waals surface area (Å²) >= 11 is 0. The van der Waals surface area contributed by atoms with Gasteiger partial charge in [0.25, 0.3) is 0 Å². The van der Waals surface area contributed by atoms with Crippen LogP contribution in [0.4, 0.5) is 4.39 Å². The molecule has 4 heteroatoms. The SMILES string of the molecule is CC(C)CN(Cc1ccc(C(=O)O)cc1F)C1CC1. The number of carboxylic acids is 1. The Morgan fingerprint density at radius 3 is 2.63 bits per heavy atom. The Labute approximate surface area is 113 Å². The Bertz CT molecular complexity index is 469. The summed E-state index contributed by atoms with van der Waals surface area (Å²) < 4.78 is 13.9. The Morgan fingerprint density at radius 1 is 1.47 bits per heavy atom. The minimum atomic E-state index is -1.09. The average Bonchev–Trinajstić information content (AvgIpc) is 3.13. The van der Waals surface area contributed by atoms with Gasteiger partial charge in [-0.05, 0) is 30.9 Å². The fraction of sp³-hybridized carbons (Fsp3) is 0.533. The van der Waals surface area contributed by atoms with Crippen molar-refractivity contribution in [3.63, 3.8) is 0 Å². The second-order valence-electron chi connectivity index (χ2n) is 5.67. The first-order chi connectivity index (χ1) is 8.97. The van der Waals surface area contributed by atoms with Crippen LogP contribution in [-0.2, 0) is 6.54 Å². The van der Waals surface area contributed by atoms with E-state index >= 15 is 0 Å². The summed E-state index contributed by atoms with van der Waals surface area (Å²) in [6, 6.07) is 4.74. The number of benzene rings is 1. The number of halogens is 1. The van der Waals surface area contributed by atoms with Crippen LogP contribution < -0.4 is 0 Å². The monoisotopic (exact) mass is 265 g/mol. The van der Waals surface area contributed by atoms with Crippen molar-refractivity contribution < 1.29 is 14.3 Å². The molecule has 19 heavy (non-hydrogen) atoms. The summed E-state index contributed by atoms with van der Waals surface area (Å²) in [6.45, 7) is 5.82. The van der Waals surface area contributed by atoms with E-state index in [0.717, 1.165) is 12.6 Å². The maximum atomic E-state index is 13.9. The Hall–Kier alpha value is -1.42. The Morgan fingerprint density at radius 2 is 2.16 bits per heavy atom. The first-order valence-corrected chi connectivity index (χ1v) is 6.73. The molecule has 0 saturated heterocycles. The van der Waals surface area contributed by atoms with Gasteiger partial charge in [-0.2, -0.15) is 0 Å². The Kier molecular flexibility index (Phi) is 4.20. The summed E-state index contributed by atoms with van der Waals surface area (Å²) in [5, 5.41) is 8.82. The van der Waals surface area contributed by atoms with Crippen LogP contribution in [-0.4, -0.2) is 28.6 Å². The molecular weight excluding hydrogens is 245 g/mol. The number of hydrogen-bond donors (Lipinski definition) is 1. The lowest BCUT2D eigenvalue weighted by molar-refractivity contribution is 0.0696. The summed E-state index contributed by atoms with van der Waals surface area (Å²) in [5.74, 6) is -0.970. The highest BCUT2D eigenvalue weighted by Crippen LogP contribution is 2.29. The molecule has 1 aliphatic carbocycles. The van der Waals surface area contributed by atoms with Crippen molar-refractivity contribution in [1.82, 2.24) is 4.90 Å². The molecular formula is C15H20FNO2. The molecule has 2 rings (SSSR count). The third-order valence-corrected chi connectivity index (χ3v) is 3.34. The quantitative estimate of drug-likeness (QED) is 0.859. The molecule has 0 radical (unpaired) electrons. The van der Waals surface area contributed by atoms with E-state index in [2.05, 4.69) is 18.7 Å². The number of carbonyl (C=O) groups is 1. The first-order valence-electron chi connectivity index (χ1n) is 6.73. The second-order valence-corrected chi connectivity index (χ2v) is 5.67. The highest BCUT2D eigenvalue weighted by Gasteiger charge is 2.29. The maximum Gasteiger partial charge on any atom is 0.335 e. The van der Waals surface area contributed by atoms with Gasteiger partial charge in [-0.15, -0.1) is 0 Å². The van der Waals surface area contributed by atoms with Crippen molar-refractivity contribution >= 4 is 5.97 Å². The third-order valence-electron chi connectivity index (χ3n) is 3.34. The lowest BCUT2D eigenvalue weighted by atomic mass is 10.1. The minimum absolute atomic E-state index is 0.00285. The number of nitrogens with zero attached hydrogens (tertiary/aromatic N) is 1. The smallest absolute Gasteiger partial charge is 0.335 e. The molecule has 1 fully saturated rings. The predicted molar refractivity (Wildman–Crippen MR) is 71.6 cm³/mol. The highest BCUT2D eigenvalue weighted by atomic mass is 19.1. The molecule has 3 nitrogen and oxygen atoms in total. The van der Waals surface area contributed by atoms with Gasteiger partial charge in [0, 0.05) is 24.7 Å². The van der Waals surface area contributed by atoms with Crippen LogP contribution in [0.25, 0.3) is 0 Å². The van der Waals surface area contributed by atoms with Crippen molar-refractivity contribution in [2.75, 3.05) is 6.54 Å². The zero-order valence-corrected chi connectivity index (χ0v) is 11.4. The van der Waals surface area contributed by atoms with Crippen molar-refractivity contribution in [2.24, 2.45) is 5.92 Å². The van der Waals surface area contributed by atoms with Crippen molar-refractivity contribution in [3.05, 3.63) is 35.1 Å². The third kappa shape index (κ3) is 3.77. The molecule has 0 heterocycles. The molecule has 1 N–H and O–H groups in total. The molecule has 1 aromatic rings. The van der Waals surface area contributed by atoms with Gasteiger partial charge in [0.1, 0.15) is 5.82 Å². The van der Waals surface area contributed by atoms with E-state index < -0.39 is 11.8 Å². The van der Waals surface area contributed by atoms with Gasteiger partial charge >= 0.3 is 5.97 Å². The van der Waals surface area contributed by atoms with Crippen LogP contribution in [0.2, 0.25) is 0 Å². The van der Waals surface area contributed by atoms with Crippen LogP contribution in [0, 0.1) is 11.7 Å². The standard InChI is InChI=1S/C15H20FNO2/c1-10(2)8-17(13-5-6-13)9-12-4-3-11(15(18)19)7-14(12)16/h3-4,7,10,13H,5-6,8-9H2,1-2H3,(H,18,19). The molecule has 0 aromatic heterocycles. The molecule has 1 saturated carbocycles. The van der Waals surface area contributed by atoms with Gasteiger partial charge in [-0.3, -0.25) is 4.90 Å². The molecule has 0 bridgehead atoms. The summed E-state index contributed by atoms with van der Waals surface area (Å²) in [5.41, 5.74) is 0.584. The molecule has 0 spiro atoms. The Balaban J connectivity index is 2.10. The molecule has 0 aliphatic heterocycles. The number of aromatic carboxylic acids is 1. The summed E-state index contributed by atoms with van der Waals surface area (Å²) in [6.07, 6.45) is 2.36. The number of hydrogen-bond acceptors (Lipinski definition) is 2.